The quantitative estimate of drug-likeness (QED) is 0.662. The number of Topliss-reactive ketones (excluding diaryl/α,β-unsaturated/α-hetero) is 1. The van der Waals surface area contributed by atoms with Crippen molar-refractivity contribution in [2.75, 3.05) is 0 Å². The molecule has 13 heavy (non-hydrogen) atoms. The first-order valence-corrected chi connectivity index (χ1v) is 4.79. The van der Waals surface area contributed by atoms with Gasteiger partial charge < -0.3 is 0 Å². The summed E-state index contributed by atoms with van der Waals surface area (Å²) in [6, 6.07) is 0. The van der Waals surface area contributed by atoms with Crippen molar-refractivity contribution < 1.29 is 4.79 Å². The van der Waals surface area contributed by atoms with Gasteiger partial charge in [-0.05, 0) is 25.7 Å². The molecule has 0 radical (unpaired) electrons. The Labute approximate surface area is 77.7 Å². The van der Waals surface area contributed by atoms with Gasteiger partial charge in [-0.1, -0.05) is 6.42 Å². The molecule has 1 aliphatic rings. The second-order valence-electron chi connectivity index (χ2n) is 3.80. The van der Waals surface area contributed by atoms with E-state index in [0.29, 0.717) is 0 Å². The van der Waals surface area contributed by atoms with E-state index in [1.165, 1.54) is 19.3 Å². The van der Waals surface area contributed by atoms with Crippen molar-refractivity contribution in [3.63, 3.8) is 0 Å². The molecule has 3 heteroatoms. The van der Waals surface area contributed by atoms with Crippen LogP contribution in [0.15, 0.2) is 12.4 Å². The number of aromatic nitrogens is 2. The Morgan fingerprint density at radius 2 is 2.46 bits per heavy atom. The van der Waals surface area contributed by atoms with Gasteiger partial charge >= 0.3 is 0 Å². The molecule has 1 aromatic heterocycles. The number of hydrogen-bond acceptors (Lipinski definition) is 2. The first-order chi connectivity index (χ1) is 6.25. The molecule has 0 atom stereocenters. The van der Waals surface area contributed by atoms with Crippen LogP contribution in [0.1, 0.15) is 36.5 Å². The fraction of sp³-hybridized carbons (Fsp3) is 0.600. The standard InChI is InChI=1S/C10H14N2O/c1-8(13)10-5-11-12(7-10)6-9-3-2-4-9/h5,7,9H,2-4,6H2,1H3. The lowest BCUT2D eigenvalue weighted by molar-refractivity contribution is 0.101. The maximum Gasteiger partial charge on any atom is 0.162 e. The molecule has 3 nitrogen and oxygen atoms in total. The van der Waals surface area contributed by atoms with Gasteiger partial charge in [-0.3, -0.25) is 9.48 Å². The van der Waals surface area contributed by atoms with Gasteiger partial charge in [0, 0.05) is 12.7 Å². The molecule has 1 aromatic rings. The van der Waals surface area contributed by atoms with E-state index in [1.807, 2.05) is 10.9 Å². The minimum atomic E-state index is 0.0971. The van der Waals surface area contributed by atoms with E-state index in [1.54, 1.807) is 13.1 Å². The van der Waals surface area contributed by atoms with Crippen molar-refractivity contribution in [1.29, 1.82) is 0 Å². The van der Waals surface area contributed by atoms with Crippen molar-refractivity contribution in [2.45, 2.75) is 32.7 Å². The lowest BCUT2D eigenvalue weighted by atomic mass is 9.85. The summed E-state index contributed by atoms with van der Waals surface area (Å²) in [5, 5.41) is 4.16. The van der Waals surface area contributed by atoms with Crippen LogP contribution in [0.4, 0.5) is 0 Å². The van der Waals surface area contributed by atoms with Gasteiger partial charge in [0.1, 0.15) is 0 Å². The molecule has 1 aliphatic carbocycles. The van der Waals surface area contributed by atoms with Crippen LogP contribution in [-0.2, 0) is 6.54 Å². The second kappa shape index (κ2) is 3.32. The second-order valence-corrected chi connectivity index (χ2v) is 3.80. The van der Waals surface area contributed by atoms with Gasteiger partial charge in [0.2, 0.25) is 0 Å². The van der Waals surface area contributed by atoms with E-state index in [2.05, 4.69) is 5.10 Å². The summed E-state index contributed by atoms with van der Waals surface area (Å²) in [4.78, 5) is 11.0. The van der Waals surface area contributed by atoms with Crippen LogP contribution in [-0.4, -0.2) is 15.6 Å². The van der Waals surface area contributed by atoms with Crippen LogP contribution in [0.25, 0.3) is 0 Å². The van der Waals surface area contributed by atoms with Crippen molar-refractivity contribution in [1.82, 2.24) is 9.78 Å². The van der Waals surface area contributed by atoms with E-state index < -0.39 is 0 Å². The molecule has 0 aromatic carbocycles. The monoisotopic (exact) mass is 178 g/mol. The third-order valence-corrected chi connectivity index (χ3v) is 2.71. The summed E-state index contributed by atoms with van der Waals surface area (Å²) in [6.07, 6.45) is 7.48. The molecule has 0 N–H and O–H groups in total. The Morgan fingerprint density at radius 1 is 1.69 bits per heavy atom. The number of carbonyl (C=O) groups is 1. The van der Waals surface area contributed by atoms with Gasteiger partial charge in [0.05, 0.1) is 11.8 Å². The molecule has 0 amide bonds. The molecule has 1 saturated carbocycles. The topological polar surface area (TPSA) is 34.9 Å². The maximum atomic E-state index is 11.0. The summed E-state index contributed by atoms with van der Waals surface area (Å²) >= 11 is 0. The van der Waals surface area contributed by atoms with Gasteiger partial charge in [0.15, 0.2) is 5.78 Å². The van der Waals surface area contributed by atoms with E-state index in [4.69, 9.17) is 0 Å². The van der Waals surface area contributed by atoms with Gasteiger partial charge in [-0.25, -0.2) is 0 Å². The summed E-state index contributed by atoms with van der Waals surface area (Å²) in [5.41, 5.74) is 0.722. The highest BCUT2D eigenvalue weighted by atomic mass is 16.1. The summed E-state index contributed by atoms with van der Waals surface area (Å²) in [7, 11) is 0. The number of hydrogen-bond donors (Lipinski definition) is 0. The maximum absolute atomic E-state index is 11.0. The van der Waals surface area contributed by atoms with Gasteiger partial charge in [0.25, 0.3) is 0 Å². The third kappa shape index (κ3) is 1.79. The zero-order valence-electron chi connectivity index (χ0n) is 7.86. The highest BCUT2D eigenvalue weighted by Gasteiger charge is 2.18. The molecular formula is C10H14N2O. The first-order valence-electron chi connectivity index (χ1n) is 4.79. The zero-order chi connectivity index (χ0) is 9.26. The Morgan fingerprint density at radius 3 is 2.92 bits per heavy atom. The number of ketones is 1. The lowest BCUT2D eigenvalue weighted by Crippen LogP contribution is -2.18. The predicted octanol–water partition coefficient (Wildman–Crippen LogP) is 1.89. The largest absolute Gasteiger partial charge is 0.294 e. The molecule has 1 fully saturated rings. The molecule has 0 aliphatic heterocycles. The van der Waals surface area contributed by atoms with E-state index in [0.717, 1.165) is 18.0 Å². The van der Waals surface area contributed by atoms with E-state index >= 15 is 0 Å². The summed E-state index contributed by atoms with van der Waals surface area (Å²) in [5.74, 6) is 0.888. The SMILES string of the molecule is CC(=O)c1cnn(CC2CCC2)c1. The minimum absolute atomic E-state index is 0.0971. The average molecular weight is 178 g/mol. The fourth-order valence-electron chi connectivity index (χ4n) is 1.59. The molecule has 0 saturated heterocycles. The Kier molecular flexibility index (Phi) is 2.17. The van der Waals surface area contributed by atoms with Gasteiger partial charge in [-0.2, -0.15) is 5.10 Å². The average Bonchev–Trinajstić information content (AvgIpc) is 2.44. The normalized spacial score (nSPS) is 17.0. The zero-order valence-corrected chi connectivity index (χ0v) is 7.86. The van der Waals surface area contributed by atoms with Crippen LogP contribution in [0.2, 0.25) is 0 Å². The molecule has 2 rings (SSSR count). The number of nitrogens with zero attached hydrogens (tertiary/aromatic N) is 2. The Hall–Kier alpha value is -1.12. The fourth-order valence-corrected chi connectivity index (χ4v) is 1.59. The van der Waals surface area contributed by atoms with Crippen LogP contribution in [0, 0.1) is 5.92 Å². The van der Waals surface area contributed by atoms with Crippen molar-refractivity contribution in [2.24, 2.45) is 5.92 Å². The number of carbonyl (C=O) groups excluding carboxylic acids is 1. The van der Waals surface area contributed by atoms with E-state index in [-0.39, 0.29) is 5.78 Å². The lowest BCUT2D eigenvalue weighted by Gasteiger charge is -2.24. The molecule has 0 spiro atoms. The van der Waals surface area contributed by atoms with Crippen molar-refractivity contribution in [3.8, 4) is 0 Å². The summed E-state index contributed by atoms with van der Waals surface area (Å²) < 4.78 is 1.89. The number of rotatable bonds is 3. The smallest absolute Gasteiger partial charge is 0.162 e. The predicted molar refractivity (Wildman–Crippen MR) is 49.6 cm³/mol. The van der Waals surface area contributed by atoms with Crippen LogP contribution in [0.3, 0.4) is 0 Å². The van der Waals surface area contributed by atoms with Crippen molar-refractivity contribution in [3.05, 3.63) is 18.0 Å². The van der Waals surface area contributed by atoms with Crippen LogP contribution in [0.5, 0.6) is 0 Å². The molecule has 70 valence electrons. The first kappa shape index (κ1) is 8.48. The summed E-state index contributed by atoms with van der Waals surface area (Å²) in [6.45, 7) is 2.55. The Balaban J connectivity index is 2.00. The van der Waals surface area contributed by atoms with Crippen LogP contribution >= 0.6 is 0 Å². The molecule has 0 bridgehead atoms. The molecule has 1 heterocycles. The third-order valence-electron chi connectivity index (χ3n) is 2.71. The minimum Gasteiger partial charge on any atom is -0.294 e. The molecular weight excluding hydrogens is 164 g/mol. The Bertz CT molecular complexity index is 312. The van der Waals surface area contributed by atoms with Crippen molar-refractivity contribution >= 4 is 5.78 Å². The highest BCUT2D eigenvalue weighted by molar-refractivity contribution is 5.93. The van der Waals surface area contributed by atoms with Gasteiger partial charge in [-0.15, -0.1) is 0 Å². The van der Waals surface area contributed by atoms with Crippen LogP contribution < -0.4 is 0 Å². The highest BCUT2D eigenvalue weighted by Crippen LogP contribution is 2.27. The van der Waals surface area contributed by atoms with E-state index in [9.17, 15) is 4.79 Å². The molecule has 0 unspecified atom stereocenters.